The number of benzene rings is 2. The predicted molar refractivity (Wildman–Crippen MR) is 112 cm³/mol. The Bertz CT molecular complexity index is 764. The van der Waals surface area contributed by atoms with Crippen LogP contribution in [0.3, 0.4) is 0 Å². The van der Waals surface area contributed by atoms with Gasteiger partial charge in [0.25, 0.3) is 0 Å². The number of rotatable bonds is 5. The van der Waals surface area contributed by atoms with Crippen molar-refractivity contribution in [3.05, 3.63) is 64.7 Å². The van der Waals surface area contributed by atoms with Crippen molar-refractivity contribution in [2.75, 3.05) is 11.9 Å². The third kappa shape index (κ3) is 3.17. The van der Waals surface area contributed by atoms with Crippen molar-refractivity contribution in [1.82, 2.24) is 0 Å². The largest absolute Gasteiger partial charge is 0.384 e. The van der Waals surface area contributed by atoms with Crippen LogP contribution in [0.5, 0.6) is 0 Å². The predicted octanol–water partition coefficient (Wildman–Crippen LogP) is 6.57. The molecule has 26 heavy (non-hydrogen) atoms. The van der Waals surface area contributed by atoms with Crippen molar-refractivity contribution >= 4 is 5.69 Å². The molecule has 0 saturated heterocycles. The van der Waals surface area contributed by atoms with Gasteiger partial charge in [-0.05, 0) is 104 Å². The number of nitrogens with one attached hydrogen (secondary N) is 1. The molecule has 1 nitrogen and oxygen atoms in total. The lowest BCUT2D eigenvalue weighted by molar-refractivity contribution is 0.0506. The summed E-state index contributed by atoms with van der Waals surface area (Å²) in [5.41, 5.74) is 8.22. The standard InChI is InChI=1S/C25H33N/c1-4-21-8-9-22(17-20(21)3)25-13-10-24(11-14-25,12-15-25)18-26-23-7-5-6-19(2)16-23/h5-9,16-17,26H,4,10-15,18H2,1-3H3. The number of hydrogen-bond acceptors (Lipinski definition) is 1. The summed E-state index contributed by atoms with van der Waals surface area (Å²) in [6.07, 6.45) is 9.38. The molecule has 2 aromatic carbocycles. The summed E-state index contributed by atoms with van der Waals surface area (Å²) in [6, 6.07) is 16.1. The highest BCUT2D eigenvalue weighted by molar-refractivity contribution is 5.46. The smallest absolute Gasteiger partial charge is 0.0342 e. The van der Waals surface area contributed by atoms with Gasteiger partial charge in [0.15, 0.2) is 0 Å². The molecule has 2 bridgehead atoms. The lowest BCUT2D eigenvalue weighted by Crippen LogP contribution is -2.47. The second-order valence-electron chi connectivity index (χ2n) is 9.00. The third-order valence-corrected chi connectivity index (χ3v) is 7.42. The Morgan fingerprint density at radius 1 is 0.885 bits per heavy atom. The minimum atomic E-state index is 0.460. The third-order valence-electron chi connectivity index (χ3n) is 7.42. The zero-order valence-electron chi connectivity index (χ0n) is 16.7. The maximum absolute atomic E-state index is 3.75. The highest BCUT2D eigenvalue weighted by Crippen LogP contribution is 2.57. The van der Waals surface area contributed by atoms with Crippen LogP contribution in [0.15, 0.2) is 42.5 Å². The molecule has 0 aliphatic heterocycles. The average Bonchev–Trinajstić information content (AvgIpc) is 2.68. The van der Waals surface area contributed by atoms with Crippen LogP contribution in [0.2, 0.25) is 0 Å². The Morgan fingerprint density at radius 2 is 1.62 bits per heavy atom. The van der Waals surface area contributed by atoms with Gasteiger partial charge < -0.3 is 5.32 Å². The van der Waals surface area contributed by atoms with E-state index < -0.39 is 0 Å². The first kappa shape index (κ1) is 17.6. The molecule has 138 valence electrons. The van der Waals surface area contributed by atoms with E-state index in [4.69, 9.17) is 0 Å². The van der Waals surface area contributed by atoms with Crippen LogP contribution >= 0.6 is 0 Å². The van der Waals surface area contributed by atoms with Gasteiger partial charge in [-0.2, -0.15) is 0 Å². The van der Waals surface area contributed by atoms with Gasteiger partial charge in [-0.25, -0.2) is 0 Å². The van der Waals surface area contributed by atoms with Crippen LogP contribution in [-0.2, 0) is 11.8 Å². The summed E-state index contributed by atoms with van der Waals surface area (Å²) in [7, 11) is 0. The number of anilines is 1. The lowest BCUT2D eigenvalue weighted by Gasteiger charge is -2.54. The van der Waals surface area contributed by atoms with Gasteiger partial charge in [0, 0.05) is 12.2 Å². The molecule has 0 amide bonds. The minimum Gasteiger partial charge on any atom is -0.384 e. The monoisotopic (exact) mass is 347 g/mol. The van der Waals surface area contributed by atoms with Gasteiger partial charge >= 0.3 is 0 Å². The molecule has 0 heterocycles. The van der Waals surface area contributed by atoms with Crippen LogP contribution in [-0.4, -0.2) is 6.54 Å². The molecule has 1 heteroatoms. The van der Waals surface area contributed by atoms with Crippen molar-refractivity contribution in [2.45, 2.75) is 71.1 Å². The van der Waals surface area contributed by atoms with E-state index in [1.807, 2.05) is 0 Å². The molecule has 0 unspecified atom stereocenters. The first-order chi connectivity index (χ1) is 12.5. The number of hydrogen-bond donors (Lipinski definition) is 1. The summed E-state index contributed by atoms with van der Waals surface area (Å²) in [4.78, 5) is 0. The van der Waals surface area contributed by atoms with Crippen molar-refractivity contribution in [3.63, 3.8) is 0 Å². The molecule has 0 radical (unpaired) electrons. The van der Waals surface area contributed by atoms with E-state index in [9.17, 15) is 0 Å². The lowest BCUT2D eigenvalue weighted by atomic mass is 9.52. The fourth-order valence-electron chi connectivity index (χ4n) is 5.43. The van der Waals surface area contributed by atoms with E-state index >= 15 is 0 Å². The summed E-state index contributed by atoms with van der Waals surface area (Å²) in [6.45, 7) is 7.86. The summed E-state index contributed by atoms with van der Waals surface area (Å²) >= 11 is 0. The van der Waals surface area contributed by atoms with Gasteiger partial charge in [0.1, 0.15) is 0 Å². The van der Waals surface area contributed by atoms with Gasteiger partial charge in [0.05, 0.1) is 0 Å². The Hall–Kier alpha value is -1.76. The molecule has 3 aliphatic carbocycles. The second kappa shape index (κ2) is 6.76. The maximum atomic E-state index is 3.75. The van der Waals surface area contributed by atoms with Crippen molar-refractivity contribution in [2.24, 2.45) is 5.41 Å². The summed E-state index contributed by atoms with van der Waals surface area (Å²) < 4.78 is 0. The topological polar surface area (TPSA) is 12.0 Å². The first-order valence-electron chi connectivity index (χ1n) is 10.4. The summed E-state index contributed by atoms with van der Waals surface area (Å²) in [5.74, 6) is 0. The van der Waals surface area contributed by atoms with Crippen LogP contribution in [0.25, 0.3) is 0 Å². The Labute approximate surface area is 159 Å². The minimum absolute atomic E-state index is 0.460. The summed E-state index contributed by atoms with van der Waals surface area (Å²) in [5, 5.41) is 3.75. The molecular formula is C25H33N. The van der Waals surface area contributed by atoms with Crippen LogP contribution in [0, 0.1) is 19.3 Å². The molecule has 1 N–H and O–H groups in total. The van der Waals surface area contributed by atoms with Crippen LogP contribution < -0.4 is 5.32 Å². The van der Waals surface area contributed by atoms with Crippen LogP contribution in [0.4, 0.5) is 5.69 Å². The molecule has 3 aliphatic rings. The van der Waals surface area contributed by atoms with E-state index in [0.717, 1.165) is 13.0 Å². The fraction of sp³-hybridized carbons (Fsp3) is 0.520. The van der Waals surface area contributed by atoms with E-state index in [2.05, 4.69) is 68.6 Å². The molecule has 0 spiro atoms. The molecule has 5 rings (SSSR count). The highest BCUT2D eigenvalue weighted by Gasteiger charge is 2.49. The average molecular weight is 348 g/mol. The van der Waals surface area contributed by atoms with E-state index in [0.29, 0.717) is 10.8 Å². The van der Waals surface area contributed by atoms with Gasteiger partial charge in [0.2, 0.25) is 0 Å². The molecule has 3 saturated carbocycles. The van der Waals surface area contributed by atoms with Gasteiger partial charge in [-0.1, -0.05) is 37.3 Å². The van der Waals surface area contributed by atoms with E-state index in [-0.39, 0.29) is 0 Å². The highest BCUT2D eigenvalue weighted by atomic mass is 14.9. The Morgan fingerprint density at radius 3 is 2.23 bits per heavy atom. The SMILES string of the molecule is CCc1ccc(C23CCC(CNc4cccc(C)c4)(CC2)CC3)cc1C. The molecule has 2 aromatic rings. The molecule has 0 aromatic heterocycles. The zero-order chi connectivity index (χ0) is 18.2. The van der Waals surface area contributed by atoms with Crippen molar-refractivity contribution < 1.29 is 0 Å². The molecular weight excluding hydrogens is 314 g/mol. The maximum Gasteiger partial charge on any atom is 0.0342 e. The Kier molecular flexibility index (Phi) is 4.59. The van der Waals surface area contributed by atoms with Crippen LogP contribution in [0.1, 0.15) is 67.7 Å². The fourth-order valence-corrected chi connectivity index (χ4v) is 5.43. The number of aryl methyl sites for hydroxylation is 3. The van der Waals surface area contributed by atoms with Gasteiger partial charge in [-0.3, -0.25) is 0 Å². The molecule has 0 atom stereocenters. The van der Waals surface area contributed by atoms with Gasteiger partial charge in [-0.15, -0.1) is 0 Å². The Balaban J connectivity index is 1.45. The van der Waals surface area contributed by atoms with E-state index in [1.165, 1.54) is 60.9 Å². The van der Waals surface area contributed by atoms with E-state index in [1.54, 1.807) is 5.56 Å². The van der Waals surface area contributed by atoms with Crippen molar-refractivity contribution in [3.8, 4) is 0 Å². The quantitative estimate of drug-likeness (QED) is 0.645. The normalized spacial score (nSPS) is 27.5. The second-order valence-corrected chi connectivity index (χ2v) is 9.00. The number of fused-ring (bicyclic) bond motifs is 3. The first-order valence-corrected chi connectivity index (χ1v) is 10.4. The zero-order valence-corrected chi connectivity index (χ0v) is 16.7. The molecule has 3 fully saturated rings. The van der Waals surface area contributed by atoms with Crippen molar-refractivity contribution in [1.29, 1.82) is 0 Å².